The Hall–Kier alpha value is -4.19. The van der Waals surface area contributed by atoms with Crippen molar-refractivity contribution in [1.82, 2.24) is 30.9 Å². The molecule has 0 aliphatic carbocycles. The minimum atomic E-state index is -1.18. The fourth-order valence-electron chi connectivity index (χ4n) is 4.17. The number of carbonyl (C=O) groups excluding carboxylic acids is 3. The van der Waals surface area contributed by atoms with Crippen LogP contribution in [0.5, 0.6) is 0 Å². The van der Waals surface area contributed by atoms with Gasteiger partial charge in [0.2, 0.25) is 17.7 Å². The number of benzene rings is 1. The number of hydrogen-bond acceptors (Lipinski definition) is 6. The summed E-state index contributed by atoms with van der Waals surface area (Å²) in [5, 5.41) is 18.4. The number of nitrogens with two attached hydrogens (primary N) is 1. The normalized spacial score (nSPS) is 14.5. The van der Waals surface area contributed by atoms with Crippen molar-refractivity contribution in [2.45, 2.75) is 64.7 Å². The molecule has 0 bridgehead atoms. The van der Waals surface area contributed by atoms with E-state index in [1.165, 1.54) is 12.5 Å². The van der Waals surface area contributed by atoms with E-state index < -0.39 is 47.9 Å². The third-order valence-corrected chi connectivity index (χ3v) is 6.60. The van der Waals surface area contributed by atoms with Gasteiger partial charge in [-0.1, -0.05) is 45.9 Å². The lowest BCUT2D eigenvalue weighted by atomic mass is 10.0. The van der Waals surface area contributed by atoms with Crippen molar-refractivity contribution in [3.8, 4) is 0 Å². The minimum absolute atomic E-state index is 0.0290. The summed E-state index contributed by atoms with van der Waals surface area (Å²) in [5.74, 6) is -3.51. The van der Waals surface area contributed by atoms with Gasteiger partial charge >= 0.3 is 5.97 Å². The molecular formula is C27H37N7O5. The second kappa shape index (κ2) is 13.1. The molecule has 0 radical (unpaired) electrons. The molecule has 0 saturated carbocycles. The molecule has 12 heteroatoms. The van der Waals surface area contributed by atoms with Crippen LogP contribution in [0.25, 0.3) is 10.9 Å². The molecule has 4 atom stereocenters. The van der Waals surface area contributed by atoms with Gasteiger partial charge in [0.05, 0.1) is 12.4 Å². The highest BCUT2D eigenvalue weighted by atomic mass is 16.4. The maximum atomic E-state index is 13.6. The Morgan fingerprint density at radius 1 is 0.897 bits per heavy atom. The van der Waals surface area contributed by atoms with Crippen molar-refractivity contribution < 1.29 is 24.3 Å². The predicted octanol–water partition coefficient (Wildman–Crippen LogP) is 0.855. The van der Waals surface area contributed by atoms with Crippen molar-refractivity contribution in [3.63, 3.8) is 0 Å². The zero-order valence-corrected chi connectivity index (χ0v) is 22.5. The number of rotatable bonds is 13. The van der Waals surface area contributed by atoms with Gasteiger partial charge in [-0.15, -0.1) is 0 Å². The fraction of sp³-hybridized carbons (Fsp3) is 0.444. The number of carboxylic acid groups (broad SMARTS) is 1. The van der Waals surface area contributed by atoms with Gasteiger partial charge in [-0.05, 0) is 23.5 Å². The number of aromatic amines is 2. The van der Waals surface area contributed by atoms with E-state index in [9.17, 15) is 24.3 Å². The van der Waals surface area contributed by atoms with Gasteiger partial charge < -0.3 is 36.8 Å². The number of fused-ring (bicyclic) bond motifs is 1. The monoisotopic (exact) mass is 539 g/mol. The molecule has 0 saturated heterocycles. The molecule has 3 rings (SSSR count). The van der Waals surface area contributed by atoms with E-state index in [2.05, 4.69) is 30.9 Å². The molecule has 8 N–H and O–H groups in total. The molecule has 1 aromatic carbocycles. The average molecular weight is 540 g/mol. The second-order valence-corrected chi connectivity index (χ2v) is 10.3. The van der Waals surface area contributed by atoms with E-state index in [4.69, 9.17) is 5.73 Å². The van der Waals surface area contributed by atoms with Crippen molar-refractivity contribution in [1.29, 1.82) is 0 Å². The van der Waals surface area contributed by atoms with E-state index in [0.717, 1.165) is 16.5 Å². The molecule has 4 unspecified atom stereocenters. The largest absolute Gasteiger partial charge is 0.480 e. The number of carbonyl (C=O) groups is 4. The number of carboxylic acids is 1. The highest BCUT2D eigenvalue weighted by Gasteiger charge is 2.32. The summed E-state index contributed by atoms with van der Waals surface area (Å²) >= 11 is 0. The van der Waals surface area contributed by atoms with Crippen LogP contribution in [-0.2, 0) is 32.0 Å². The topological polar surface area (TPSA) is 195 Å². The van der Waals surface area contributed by atoms with Crippen LogP contribution in [0.2, 0.25) is 0 Å². The minimum Gasteiger partial charge on any atom is -0.480 e. The van der Waals surface area contributed by atoms with E-state index in [1.807, 2.05) is 24.3 Å². The van der Waals surface area contributed by atoms with Gasteiger partial charge in [-0.3, -0.25) is 14.4 Å². The number of imidazole rings is 1. The Balaban J connectivity index is 1.88. The predicted molar refractivity (Wildman–Crippen MR) is 145 cm³/mol. The second-order valence-electron chi connectivity index (χ2n) is 10.3. The lowest BCUT2D eigenvalue weighted by molar-refractivity contribution is -0.143. The van der Waals surface area contributed by atoms with Crippen LogP contribution >= 0.6 is 0 Å². The van der Waals surface area contributed by atoms with Crippen LogP contribution in [-0.4, -0.2) is 67.9 Å². The smallest absolute Gasteiger partial charge is 0.326 e. The first kappa shape index (κ1) is 29.4. The van der Waals surface area contributed by atoms with Crippen molar-refractivity contribution in [2.75, 3.05) is 0 Å². The number of nitrogens with one attached hydrogen (secondary N) is 5. The Labute approximate surface area is 226 Å². The molecule has 210 valence electrons. The number of H-pyrrole nitrogens is 2. The molecule has 2 heterocycles. The maximum Gasteiger partial charge on any atom is 0.326 e. The molecule has 0 aliphatic rings. The molecule has 0 fully saturated rings. The molecule has 12 nitrogen and oxygen atoms in total. The molecule has 0 spiro atoms. The first-order valence-corrected chi connectivity index (χ1v) is 12.9. The Morgan fingerprint density at radius 3 is 2.15 bits per heavy atom. The summed E-state index contributed by atoms with van der Waals surface area (Å²) in [6.07, 6.45) is 4.88. The Morgan fingerprint density at radius 2 is 1.54 bits per heavy atom. The first-order chi connectivity index (χ1) is 18.5. The highest BCUT2D eigenvalue weighted by Crippen LogP contribution is 2.19. The maximum absolute atomic E-state index is 13.6. The summed E-state index contributed by atoms with van der Waals surface area (Å²) < 4.78 is 0. The van der Waals surface area contributed by atoms with E-state index >= 15 is 0 Å². The number of aromatic nitrogens is 3. The molecule has 2 aromatic heterocycles. The van der Waals surface area contributed by atoms with Crippen molar-refractivity contribution in [3.05, 3.63) is 54.2 Å². The fourth-order valence-corrected chi connectivity index (χ4v) is 4.17. The van der Waals surface area contributed by atoms with Crippen LogP contribution in [0, 0.1) is 11.8 Å². The summed E-state index contributed by atoms with van der Waals surface area (Å²) in [5.41, 5.74) is 8.28. The average Bonchev–Trinajstić information content (AvgIpc) is 3.55. The quantitative estimate of drug-likeness (QED) is 0.167. The number of para-hydroxylation sites is 1. The zero-order chi connectivity index (χ0) is 28.7. The number of nitrogens with zero attached hydrogens (tertiary/aromatic N) is 1. The number of aliphatic carboxylic acids is 1. The van der Waals surface area contributed by atoms with E-state index in [1.54, 1.807) is 33.9 Å². The van der Waals surface area contributed by atoms with Crippen molar-refractivity contribution in [2.24, 2.45) is 17.6 Å². The number of hydrogen-bond donors (Lipinski definition) is 7. The van der Waals surface area contributed by atoms with Gasteiger partial charge in [-0.2, -0.15) is 0 Å². The van der Waals surface area contributed by atoms with Crippen LogP contribution in [0.3, 0.4) is 0 Å². The SMILES string of the molecule is CC(C)C(N)C(=O)NC(Cc1c[nH]c2ccccc12)C(=O)NC(Cc1cnc[nH]1)C(=O)NC(C(=O)O)C(C)C. The lowest BCUT2D eigenvalue weighted by Crippen LogP contribution is -2.59. The Kier molecular flexibility index (Phi) is 9.83. The molecule has 39 heavy (non-hydrogen) atoms. The third-order valence-electron chi connectivity index (χ3n) is 6.60. The van der Waals surface area contributed by atoms with Crippen molar-refractivity contribution >= 4 is 34.6 Å². The van der Waals surface area contributed by atoms with Gasteiger partial charge in [0.1, 0.15) is 18.1 Å². The van der Waals surface area contributed by atoms with Gasteiger partial charge in [0, 0.05) is 41.8 Å². The van der Waals surface area contributed by atoms with Gasteiger partial charge in [0.15, 0.2) is 0 Å². The standard InChI is InChI=1S/C27H37N7O5/c1-14(2)22(28)26(37)33-20(9-16-11-30-19-8-6-5-7-18(16)19)24(35)32-21(10-17-12-29-13-31-17)25(36)34-23(15(3)4)27(38)39/h5-8,11-15,20-23,30H,9-10,28H2,1-4H3,(H,29,31)(H,32,35)(H,33,37)(H,34,36)(H,38,39). The summed E-state index contributed by atoms with van der Waals surface area (Å²) in [4.78, 5) is 61.4. The molecule has 0 aliphatic heterocycles. The highest BCUT2D eigenvalue weighted by molar-refractivity contribution is 5.95. The molecule has 3 amide bonds. The summed E-state index contributed by atoms with van der Waals surface area (Å²) in [6.45, 7) is 6.95. The first-order valence-electron chi connectivity index (χ1n) is 12.9. The Bertz CT molecular complexity index is 1280. The van der Waals surface area contributed by atoms with Gasteiger partial charge in [0.25, 0.3) is 0 Å². The summed E-state index contributed by atoms with van der Waals surface area (Å²) in [6, 6.07) is 3.39. The summed E-state index contributed by atoms with van der Waals surface area (Å²) in [7, 11) is 0. The third kappa shape index (κ3) is 7.66. The van der Waals surface area contributed by atoms with E-state index in [-0.39, 0.29) is 24.7 Å². The number of amides is 3. The zero-order valence-electron chi connectivity index (χ0n) is 22.5. The van der Waals surface area contributed by atoms with Crippen LogP contribution in [0.1, 0.15) is 39.0 Å². The van der Waals surface area contributed by atoms with Gasteiger partial charge in [-0.25, -0.2) is 9.78 Å². The van der Waals surface area contributed by atoms with Crippen LogP contribution in [0.4, 0.5) is 0 Å². The molecular weight excluding hydrogens is 502 g/mol. The van der Waals surface area contributed by atoms with Crippen LogP contribution in [0.15, 0.2) is 43.0 Å². The van der Waals surface area contributed by atoms with Crippen LogP contribution < -0.4 is 21.7 Å². The van der Waals surface area contributed by atoms with E-state index in [0.29, 0.717) is 5.69 Å². The molecule has 3 aromatic rings. The lowest BCUT2D eigenvalue weighted by Gasteiger charge is -2.26.